The van der Waals surface area contributed by atoms with Crippen molar-refractivity contribution in [1.82, 2.24) is 9.72 Å². The SMILES string of the molecule is Cc1cc(Nc2cc(-n3c(C)cc4c3CC(C)(C)CC4=O)ccc2C(N)=O)no1. The highest BCUT2D eigenvalue weighted by Crippen LogP contribution is 2.38. The fourth-order valence-corrected chi connectivity index (χ4v) is 4.06. The van der Waals surface area contributed by atoms with Gasteiger partial charge in [0.2, 0.25) is 0 Å². The zero-order valence-electron chi connectivity index (χ0n) is 17.0. The number of rotatable bonds is 4. The van der Waals surface area contributed by atoms with Crippen LogP contribution in [0.2, 0.25) is 0 Å². The molecule has 150 valence electrons. The van der Waals surface area contributed by atoms with Crippen molar-refractivity contribution < 1.29 is 14.1 Å². The number of Topliss-reactive ketones (excluding diaryl/α,β-unsaturated/α-hetero) is 1. The van der Waals surface area contributed by atoms with Gasteiger partial charge >= 0.3 is 0 Å². The Labute approximate surface area is 168 Å². The Morgan fingerprint density at radius 2 is 1.97 bits per heavy atom. The first kappa shape index (κ1) is 19.0. The zero-order chi connectivity index (χ0) is 20.9. The molecule has 7 heteroatoms. The molecule has 7 nitrogen and oxygen atoms in total. The summed E-state index contributed by atoms with van der Waals surface area (Å²) in [7, 11) is 0. The van der Waals surface area contributed by atoms with E-state index in [2.05, 4.69) is 28.9 Å². The average Bonchev–Trinajstić information content (AvgIpc) is 3.16. The molecule has 0 saturated carbocycles. The van der Waals surface area contributed by atoms with Crippen LogP contribution in [0.15, 0.2) is 34.9 Å². The Morgan fingerprint density at radius 1 is 1.21 bits per heavy atom. The second kappa shape index (κ2) is 6.62. The number of ketones is 1. The third kappa shape index (κ3) is 3.44. The van der Waals surface area contributed by atoms with Gasteiger partial charge in [-0.05, 0) is 49.9 Å². The van der Waals surface area contributed by atoms with E-state index in [4.69, 9.17) is 10.3 Å². The van der Waals surface area contributed by atoms with Gasteiger partial charge in [-0.3, -0.25) is 9.59 Å². The summed E-state index contributed by atoms with van der Waals surface area (Å²) in [5.74, 6) is 0.773. The fourth-order valence-electron chi connectivity index (χ4n) is 4.06. The Kier molecular flexibility index (Phi) is 4.33. The van der Waals surface area contributed by atoms with Gasteiger partial charge in [0.05, 0.1) is 11.3 Å². The van der Waals surface area contributed by atoms with Crippen LogP contribution < -0.4 is 11.1 Å². The molecule has 1 aliphatic carbocycles. The molecule has 1 aliphatic rings. The van der Waals surface area contributed by atoms with E-state index in [-0.39, 0.29) is 11.2 Å². The lowest BCUT2D eigenvalue weighted by Gasteiger charge is -2.30. The minimum atomic E-state index is -0.540. The second-order valence-corrected chi connectivity index (χ2v) is 8.46. The Balaban J connectivity index is 1.84. The Hall–Kier alpha value is -3.35. The molecule has 0 aliphatic heterocycles. The Bertz CT molecular complexity index is 1140. The summed E-state index contributed by atoms with van der Waals surface area (Å²) >= 11 is 0. The van der Waals surface area contributed by atoms with Crippen molar-refractivity contribution in [3.63, 3.8) is 0 Å². The first-order chi connectivity index (χ1) is 13.6. The van der Waals surface area contributed by atoms with Crippen molar-refractivity contribution in [2.75, 3.05) is 5.32 Å². The van der Waals surface area contributed by atoms with Crippen LogP contribution in [0, 0.1) is 19.3 Å². The molecule has 0 saturated heterocycles. The number of hydrogen-bond donors (Lipinski definition) is 2. The van der Waals surface area contributed by atoms with Crippen LogP contribution in [0.3, 0.4) is 0 Å². The van der Waals surface area contributed by atoms with Gasteiger partial charge in [0.25, 0.3) is 5.91 Å². The molecule has 3 N–H and O–H groups in total. The van der Waals surface area contributed by atoms with Crippen LogP contribution in [0.1, 0.15) is 58.1 Å². The summed E-state index contributed by atoms with van der Waals surface area (Å²) in [6, 6.07) is 9.07. The summed E-state index contributed by atoms with van der Waals surface area (Å²) in [6.07, 6.45) is 1.34. The van der Waals surface area contributed by atoms with Crippen LogP contribution in [0.4, 0.5) is 11.5 Å². The first-order valence-electron chi connectivity index (χ1n) is 9.53. The number of nitrogens with one attached hydrogen (secondary N) is 1. The van der Waals surface area contributed by atoms with E-state index in [9.17, 15) is 9.59 Å². The van der Waals surface area contributed by atoms with E-state index in [1.807, 2.05) is 25.1 Å². The Morgan fingerprint density at radius 3 is 2.62 bits per heavy atom. The highest BCUT2D eigenvalue weighted by Gasteiger charge is 2.34. The van der Waals surface area contributed by atoms with Gasteiger partial charge in [-0.25, -0.2) is 0 Å². The van der Waals surface area contributed by atoms with Crippen LogP contribution in [0.5, 0.6) is 0 Å². The number of anilines is 2. The minimum Gasteiger partial charge on any atom is -0.366 e. The van der Waals surface area contributed by atoms with Crippen molar-refractivity contribution in [3.8, 4) is 5.69 Å². The highest BCUT2D eigenvalue weighted by atomic mass is 16.5. The number of hydrogen-bond acceptors (Lipinski definition) is 5. The number of nitrogens with two attached hydrogens (primary N) is 1. The number of primary amides is 1. The van der Waals surface area contributed by atoms with Gasteiger partial charge in [-0.2, -0.15) is 0 Å². The van der Waals surface area contributed by atoms with Crippen molar-refractivity contribution in [2.45, 2.75) is 40.5 Å². The van der Waals surface area contributed by atoms with Gasteiger partial charge in [0, 0.05) is 35.1 Å². The number of fused-ring (bicyclic) bond motifs is 1. The molecule has 0 fully saturated rings. The number of amides is 1. The molecule has 0 bridgehead atoms. The van der Waals surface area contributed by atoms with Gasteiger partial charge in [-0.15, -0.1) is 0 Å². The maximum absolute atomic E-state index is 12.6. The lowest BCUT2D eigenvalue weighted by atomic mass is 9.76. The van der Waals surface area contributed by atoms with Crippen molar-refractivity contribution in [1.29, 1.82) is 0 Å². The van der Waals surface area contributed by atoms with Crippen LogP contribution in [0.25, 0.3) is 5.69 Å². The molecule has 1 amide bonds. The van der Waals surface area contributed by atoms with Crippen molar-refractivity contribution in [2.24, 2.45) is 11.1 Å². The molecule has 2 aromatic heterocycles. The van der Waals surface area contributed by atoms with Crippen molar-refractivity contribution >= 4 is 23.2 Å². The molecule has 3 aromatic rings. The summed E-state index contributed by atoms with van der Waals surface area (Å²) in [6.45, 7) is 7.99. The van der Waals surface area contributed by atoms with E-state index in [0.717, 1.165) is 29.1 Å². The zero-order valence-corrected chi connectivity index (χ0v) is 17.0. The number of nitrogens with zero attached hydrogens (tertiary/aromatic N) is 2. The molecule has 0 radical (unpaired) electrons. The van der Waals surface area contributed by atoms with E-state index in [1.54, 1.807) is 19.1 Å². The standard InChI is InChI=1S/C22H24N4O3/c1-12-7-16-18(10-22(3,4)11-19(16)27)26(12)14-5-6-15(21(23)28)17(9-14)24-20-8-13(2)29-25-20/h5-9H,10-11H2,1-4H3,(H2,23,28)(H,24,25). The van der Waals surface area contributed by atoms with Gasteiger partial charge < -0.3 is 20.1 Å². The number of benzene rings is 1. The summed E-state index contributed by atoms with van der Waals surface area (Å²) in [5, 5.41) is 7.05. The van der Waals surface area contributed by atoms with Gasteiger partial charge in [-0.1, -0.05) is 19.0 Å². The normalized spacial score (nSPS) is 15.2. The third-order valence-corrected chi connectivity index (χ3v) is 5.29. The lowest BCUT2D eigenvalue weighted by Crippen LogP contribution is -2.27. The summed E-state index contributed by atoms with van der Waals surface area (Å²) in [5.41, 5.74) is 9.95. The smallest absolute Gasteiger partial charge is 0.250 e. The van der Waals surface area contributed by atoms with Gasteiger partial charge in [0.1, 0.15) is 5.76 Å². The number of aryl methyl sites for hydroxylation is 2. The molecule has 0 atom stereocenters. The molecular formula is C22H24N4O3. The van der Waals surface area contributed by atoms with E-state index in [1.165, 1.54) is 0 Å². The maximum atomic E-state index is 12.6. The third-order valence-electron chi connectivity index (χ3n) is 5.29. The van der Waals surface area contributed by atoms with Gasteiger partial charge in [0.15, 0.2) is 11.6 Å². The number of aromatic nitrogens is 2. The van der Waals surface area contributed by atoms with Crippen molar-refractivity contribution in [3.05, 3.63) is 58.6 Å². The predicted molar refractivity (Wildman–Crippen MR) is 110 cm³/mol. The van der Waals surface area contributed by atoms with Crippen LogP contribution in [-0.4, -0.2) is 21.4 Å². The molecule has 1 aromatic carbocycles. The minimum absolute atomic E-state index is 0.0981. The fraction of sp³-hybridized carbons (Fsp3) is 0.318. The second-order valence-electron chi connectivity index (χ2n) is 8.46. The van der Waals surface area contributed by atoms with Crippen LogP contribution >= 0.6 is 0 Å². The topological polar surface area (TPSA) is 103 Å². The molecule has 0 unspecified atom stereocenters. The summed E-state index contributed by atoms with van der Waals surface area (Å²) in [4.78, 5) is 24.6. The summed E-state index contributed by atoms with van der Waals surface area (Å²) < 4.78 is 7.18. The molecule has 29 heavy (non-hydrogen) atoms. The quantitative estimate of drug-likeness (QED) is 0.696. The highest BCUT2D eigenvalue weighted by molar-refractivity contribution is 6.00. The average molecular weight is 392 g/mol. The lowest BCUT2D eigenvalue weighted by molar-refractivity contribution is 0.0910. The monoisotopic (exact) mass is 392 g/mol. The molecular weight excluding hydrogens is 368 g/mol. The predicted octanol–water partition coefficient (Wildman–Crippen LogP) is 4.08. The maximum Gasteiger partial charge on any atom is 0.250 e. The molecule has 0 spiro atoms. The largest absolute Gasteiger partial charge is 0.366 e. The first-order valence-corrected chi connectivity index (χ1v) is 9.53. The van der Waals surface area contributed by atoms with E-state index in [0.29, 0.717) is 29.2 Å². The van der Waals surface area contributed by atoms with E-state index >= 15 is 0 Å². The number of carbonyl (C=O) groups excluding carboxylic acids is 2. The molecule has 4 rings (SSSR count). The van der Waals surface area contributed by atoms with E-state index < -0.39 is 5.91 Å². The van der Waals surface area contributed by atoms with Crippen LogP contribution in [-0.2, 0) is 6.42 Å². The number of carbonyl (C=O) groups is 2. The molecule has 2 heterocycles.